The summed E-state index contributed by atoms with van der Waals surface area (Å²) in [6.45, 7) is 4.63. The Balaban J connectivity index is 1.37. The number of nitrogens with zero attached hydrogens (tertiary/aromatic N) is 3. The molecule has 0 aliphatic carbocycles. The van der Waals surface area contributed by atoms with Gasteiger partial charge in [-0.05, 0) is 72.5 Å². The fourth-order valence-corrected chi connectivity index (χ4v) is 7.29. The fourth-order valence-electron chi connectivity index (χ4n) is 5.47. The number of hydrogen-bond donors (Lipinski definition) is 1. The zero-order valence-electron chi connectivity index (χ0n) is 24.9. The van der Waals surface area contributed by atoms with Gasteiger partial charge < -0.3 is 14.6 Å². The van der Waals surface area contributed by atoms with E-state index in [2.05, 4.69) is 17.1 Å². The Bertz CT molecular complexity index is 1760. The lowest BCUT2D eigenvalue weighted by atomic mass is 9.94. The summed E-state index contributed by atoms with van der Waals surface area (Å²) in [7, 11) is 0. The quantitative estimate of drug-likeness (QED) is 0.0447. The van der Waals surface area contributed by atoms with Gasteiger partial charge in [-0.3, -0.25) is 14.5 Å². The van der Waals surface area contributed by atoms with E-state index in [4.69, 9.17) is 9.47 Å². The molecule has 2 atom stereocenters. The minimum atomic E-state index is -0.962. The summed E-state index contributed by atoms with van der Waals surface area (Å²) in [5.41, 5.74) is 2.81. The van der Waals surface area contributed by atoms with Crippen molar-refractivity contribution in [3.63, 3.8) is 0 Å². The van der Waals surface area contributed by atoms with E-state index >= 15 is 0 Å². The third kappa shape index (κ3) is 6.60. The van der Waals surface area contributed by atoms with Crippen LogP contribution in [0.15, 0.2) is 76.6 Å². The number of unbranched alkanes of at least 4 members (excludes halogenated alkanes) is 2. The number of anilines is 1. The number of Topliss-reactive ketones (excluding diaryl/α,β-unsaturated/α-hetero) is 1. The second-order valence-corrected chi connectivity index (χ2v) is 13.2. The van der Waals surface area contributed by atoms with Gasteiger partial charge in [-0.1, -0.05) is 67.1 Å². The average Bonchev–Trinajstić information content (AvgIpc) is 3.73. The third-order valence-corrected chi connectivity index (χ3v) is 9.81. The van der Waals surface area contributed by atoms with E-state index in [1.807, 2.05) is 19.1 Å². The van der Waals surface area contributed by atoms with Crippen LogP contribution in [0, 0.1) is 5.82 Å². The Hall–Kier alpha value is -4.22. The number of halogens is 1. The van der Waals surface area contributed by atoms with Crippen molar-refractivity contribution in [3.8, 4) is 11.5 Å². The van der Waals surface area contributed by atoms with E-state index < -0.39 is 17.7 Å². The van der Waals surface area contributed by atoms with Crippen molar-refractivity contribution >= 4 is 45.7 Å². The Morgan fingerprint density at radius 1 is 1.11 bits per heavy atom. The number of benzene rings is 3. The first-order valence-corrected chi connectivity index (χ1v) is 16.7. The number of amides is 1. The van der Waals surface area contributed by atoms with Gasteiger partial charge in [0, 0.05) is 17.7 Å². The Morgan fingerprint density at radius 3 is 2.73 bits per heavy atom. The second-order valence-electron chi connectivity index (χ2n) is 11.0. The second kappa shape index (κ2) is 13.4. The van der Waals surface area contributed by atoms with Crippen LogP contribution in [0.1, 0.15) is 61.4 Å². The van der Waals surface area contributed by atoms with Crippen molar-refractivity contribution in [1.82, 2.24) is 10.2 Å². The molecule has 1 N–H and O–H groups in total. The number of thioether (sulfide) groups is 1. The molecule has 3 heterocycles. The maximum atomic E-state index is 13.7. The Kier molecular flexibility index (Phi) is 9.18. The molecule has 1 saturated heterocycles. The number of aliphatic hydroxyl groups is 1. The van der Waals surface area contributed by atoms with E-state index in [-0.39, 0.29) is 28.4 Å². The topological polar surface area (TPSA) is 102 Å². The zero-order valence-corrected chi connectivity index (χ0v) is 26.5. The highest BCUT2D eigenvalue weighted by atomic mass is 32.2. The fraction of sp³-hybridized carbons (Fsp3) is 0.294. The molecule has 4 aromatic rings. The number of rotatable bonds is 11. The van der Waals surface area contributed by atoms with E-state index in [1.165, 1.54) is 40.1 Å². The van der Waals surface area contributed by atoms with Crippen molar-refractivity contribution in [3.05, 3.63) is 100 Å². The lowest BCUT2D eigenvalue weighted by molar-refractivity contribution is -0.132. The molecular formula is C34H32FN3O5S2. The van der Waals surface area contributed by atoms with Gasteiger partial charge in [0.05, 0.1) is 18.2 Å². The van der Waals surface area contributed by atoms with Crippen LogP contribution in [0.3, 0.4) is 0 Å². The zero-order chi connectivity index (χ0) is 31.5. The predicted molar refractivity (Wildman–Crippen MR) is 172 cm³/mol. The molecule has 0 spiro atoms. The van der Waals surface area contributed by atoms with Crippen LogP contribution in [0.25, 0.3) is 5.76 Å². The summed E-state index contributed by atoms with van der Waals surface area (Å²) in [5, 5.41) is 20.4. The maximum absolute atomic E-state index is 13.7. The van der Waals surface area contributed by atoms with E-state index in [0.29, 0.717) is 40.0 Å². The summed E-state index contributed by atoms with van der Waals surface area (Å²) >= 11 is 2.57. The maximum Gasteiger partial charge on any atom is 0.301 e. The molecule has 2 aliphatic rings. The first kappa shape index (κ1) is 30.8. The van der Waals surface area contributed by atoms with Crippen LogP contribution in [0.5, 0.6) is 11.5 Å². The summed E-state index contributed by atoms with van der Waals surface area (Å²) in [4.78, 5) is 28.7. The number of hydrogen-bond acceptors (Lipinski definition) is 9. The van der Waals surface area contributed by atoms with Crippen LogP contribution in [0.4, 0.5) is 9.52 Å². The number of aromatic nitrogens is 2. The van der Waals surface area contributed by atoms with Crippen LogP contribution in [0.2, 0.25) is 0 Å². The van der Waals surface area contributed by atoms with Gasteiger partial charge in [0.2, 0.25) is 5.13 Å². The van der Waals surface area contributed by atoms with E-state index in [9.17, 15) is 19.1 Å². The molecule has 0 saturated carbocycles. The number of ketones is 1. The van der Waals surface area contributed by atoms with Crippen molar-refractivity contribution in [1.29, 1.82) is 0 Å². The molecule has 1 aromatic heterocycles. The predicted octanol–water partition coefficient (Wildman–Crippen LogP) is 7.49. The van der Waals surface area contributed by atoms with Gasteiger partial charge in [0.1, 0.15) is 29.2 Å². The SMILES string of the molecule is CCCCCOc1cccc([C@@H]2C(=C(O)c3ccc4c(c3)C[C@H](C)O4)C(=O)C(=O)N2c2nnc(SCc3ccc(F)cc3)s2)c1. The highest BCUT2D eigenvalue weighted by Gasteiger charge is 2.48. The molecular weight excluding hydrogens is 614 g/mol. The van der Waals surface area contributed by atoms with Crippen molar-refractivity contribution in [2.75, 3.05) is 11.5 Å². The van der Waals surface area contributed by atoms with Gasteiger partial charge in [-0.15, -0.1) is 10.2 Å². The van der Waals surface area contributed by atoms with Crippen LogP contribution in [-0.2, 0) is 21.8 Å². The Morgan fingerprint density at radius 2 is 1.93 bits per heavy atom. The lowest BCUT2D eigenvalue weighted by Crippen LogP contribution is -2.29. The summed E-state index contributed by atoms with van der Waals surface area (Å²) in [6, 6.07) is 17.8. The normalized spacial score (nSPS) is 18.7. The van der Waals surface area contributed by atoms with Gasteiger partial charge in [-0.25, -0.2) is 4.39 Å². The first-order chi connectivity index (χ1) is 21.8. The molecule has 3 aromatic carbocycles. The molecule has 0 bridgehead atoms. The summed E-state index contributed by atoms with van der Waals surface area (Å²) in [6.07, 6.45) is 3.70. The van der Waals surface area contributed by atoms with Crippen molar-refractivity contribution < 1.29 is 28.6 Å². The Labute approximate surface area is 268 Å². The first-order valence-electron chi connectivity index (χ1n) is 14.9. The average molecular weight is 646 g/mol. The van der Waals surface area contributed by atoms with Crippen LogP contribution < -0.4 is 14.4 Å². The molecule has 0 unspecified atom stereocenters. The van der Waals surface area contributed by atoms with Gasteiger partial charge >= 0.3 is 5.91 Å². The number of ether oxygens (including phenoxy) is 2. The van der Waals surface area contributed by atoms with Crippen LogP contribution in [-0.4, -0.2) is 39.7 Å². The summed E-state index contributed by atoms with van der Waals surface area (Å²) < 4.78 is 25.7. The smallest absolute Gasteiger partial charge is 0.301 e. The van der Waals surface area contributed by atoms with Gasteiger partial charge in [-0.2, -0.15) is 0 Å². The highest BCUT2D eigenvalue weighted by molar-refractivity contribution is 8.00. The standard InChI is InChI=1S/C34H32FN3O5S2/c1-3-4-5-15-42-26-8-6-7-22(18-26)29-28(30(39)23-11-14-27-24(17-23)16-20(2)43-27)31(40)32(41)38(29)33-36-37-34(45-33)44-19-21-9-12-25(35)13-10-21/h6-14,17-18,20,29,39H,3-5,15-16,19H2,1-2H3/t20-,29+/m0/s1. The number of fused-ring (bicyclic) bond motifs is 1. The van der Waals surface area contributed by atoms with Gasteiger partial charge in [0.25, 0.3) is 5.78 Å². The van der Waals surface area contributed by atoms with E-state index in [1.54, 1.807) is 42.5 Å². The lowest BCUT2D eigenvalue weighted by Gasteiger charge is -2.23. The van der Waals surface area contributed by atoms with Gasteiger partial charge in [0.15, 0.2) is 4.34 Å². The third-order valence-electron chi connectivity index (χ3n) is 7.68. The number of carbonyl (C=O) groups excluding carboxylic acids is 2. The molecule has 1 amide bonds. The number of aliphatic hydroxyl groups excluding tert-OH is 1. The molecule has 1 fully saturated rings. The largest absolute Gasteiger partial charge is 0.507 e. The molecule has 0 radical (unpaired) electrons. The minimum Gasteiger partial charge on any atom is -0.507 e. The summed E-state index contributed by atoms with van der Waals surface area (Å²) in [5.74, 6) is -0.333. The minimum absolute atomic E-state index is 0.00979. The molecule has 8 nitrogen and oxygen atoms in total. The molecule has 6 rings (SSSR count). The van der Waals surface area contributed by atoms with Crippen LogP contribution >= 0.6 is 23.1 Å². The molecule has 11 heteroatoms. The van der Waals surface area contributed by atoms with Crippen molar-refractivity contribution in [2.45, 2.75) is 61.8 Å². The highest BCUT2D eigenvalue weighted by Crippen LogP contribution is 2.45. The molecule has 45 heavy (non-hydrogen) atoms. The van der Waals surface area contributed by atoms with E-state index in [0.717, 1.165) is 36.1 Å². The number of carbonyl (C=O) groups is 2. The molecule has 232 valence electrons. The van der Waals surface area contributed by atoms with Crippen molar-refractivity contribution in [2.24, 2.45) is 0 Å². The monoisotopic (exact) mass is 645 g/mol. The molecule has 2 aliphatic heterocycles.